The monoisotopic (exact) mass is 559 g/mol. The summed E-state index contributed by atoms with van der Waals surface area (Å²) in [5, 5.41) is 8.99. The van der Waals surface area contributed by atoms with Crippen LogP contribution in [0.4, 0.5) is 11.4 Å². The lowest BCUT2D eigenvalue weighted by Crippen LogP contribution is -2.34. The fourth-order valence-electron chi connectivity index (χ4n) is 2.86. The summed E-state index contributed by atoms with van der Waals surface area (Å²) >= 11 is 14.7. The van der Waals surface area contributed by atoms with E-state index in [4.69, 9.17) is 28.6 Å². The maximum Gasteiger partial charge on any atom is 0.257 e. The molecule has 0 bridgehead atoms. The quantitative estimate of drug-likeness (QED) is 0.287. The van der Waals surface area contributed by atoms with E-state index in [0.717, 1.165) is 0 Å². The van der Waals surface area contributed by atoms with Crippen molar-refractivity contribution in [2.75, 3.05) is 17.2 Å². The van der Waals surface area contributed by atoms with Crippen LogP contribution in [0.25, 0.3) is 0 Å². The second kappa shape index (κ2) is 12.0. The van der Waals surface area contributed by atoms with E-state index >= 15 is 0 Å². The number of nitrogens with one attached hydrogen (secondary N) is 3. The maximum atomic E-state index is 12.6. The smallest absolute Gasteiger partial charge is 0.257 e. The van der Waals surface area contributed by atoms with E-state index in [1.54, 1.807) is 66.7 Å². The topological polar surface area (TPSA) is 79.5 Å². The standard InChI is InChI=1S/C25H23BrClN3O3S/c1-15(2)14-33-22-10-9-17(12-21(22)26)24(32)30-25(34)29-19-7-3-5-16(11-19)23(31)28-20-8-4-6-18(27)13-20/h3-13,15H,14H2,1-2H3,(H,28,31)(H2,29,30,32,34). The molecule has 0 radical (unpaired) electrons. The Hall–Kier alpha value is -2.94. The van der Waals surface area contributed by atoms with E-state index in [1.807, 2.05) is 0 Å². The highest BCUT2D eigenvalue weighted by Crippen LogP contribution is 2.26. The van der Waals surface area contributed by atoms with Gasteiger partial charge in [0.05, 0.1) is 11.1 Å². The van der Waals surface area contributed by atoms with Crippen LogP contribution in [0.2, 0.25) is 5.02 Å². The Morgan fingerprint density at radius 1 is 0.941 bits per heavy atom. The fraction of sp³-hybridized carbons (Fsp3) is 0.160. The van der Waals surface area contributed by atoms with E-state index in [2.05, 4.69) is 45.7 Å². The number of hydrogen-bond acceptors (Lipinski definition) is 4. The Kier molecular flexibility index (Phi) is 9.04. The molecule has 0 aromatic heterocycles. The fourth-order valence-corrected chi connectivity index (χ4v) is 3.75. The van der Waals surface area contributed by atoms with Crippen LogP contribution < -0.4 is 20.7 Å². The van der Waals surface area contributed by atoms with E-state index in [0.29, 0.717) is 50.3 Å². The average Bonchev–Trinajstić information content (AvgIpc) is 2.78. The molecule has 0 aliphatic rings. The van der Waals surface area contributed by atoms with Gasteiger partial charge in [0.2, 0.25) is 0 Å². The molecule has 0 unspecified atom stereocenters. The highest BCUT2D eigenvalue weighted by Gasteiger charge is 2.13. The number of benzene rings is 3. The van der Waals surface area contributed by atoms with E-state index < -0.39 is 0 Å². The van der Waals surface area contributed by atoms with Crippen molar-refractivity contribution in [2.24, 2.45) is 5.92 Å². The van der Waals surface area contributed by atoms with E-state index in [1.165, 1.54) is 0 Å². The zero-order chi connectivity index (χ0) is 24.7. The number of thiocarbonyl (C=S) groups is 1. The summed E-state index contributed by atoms with van der Waals surface area (Å²) in [5.74, 6) is 0.382. The van der Waals surface area contributed by atoms with Crippen LogP contribution in [-0.4, -0.2) is 23.5 Å². The lowest BCUT2D eigenvalue weighted by atomic mass is 10.2. The minimum absolute atomic E-state index is 0.105. The molecule has 0 atom stereocenters. The van der Waals surface area contributed by atoms with Crippen molar-refractivity contribution >= 4 is 68.1 Å². The Balaban J connectivity index is 1.60. The minimum Gasteiger partial charge on any atom is -0.492 e. The predicted molar refractivity (Wildman–Crippen MR) is 144 cm³/mol. The molecule has 6 nitrogen and oxygen atoms in total. The zero-order valence-corrected chi connectivity index (χ0v) is 21.7. The highest BCUT2D eigenvalue weighted by atomic mass is 79.9. The second-order valence-corrected chi connectivity index (χ2v) is 9.50. The number of carbonyl (C=O) groups excluding carboxylic acids is 2. The van der Waals surface area contributed by atoms with Crippen molar-refractivity contribution in [1.82, 2.24) is 5.32 Å². The van der Waals surface area contributed by atoms with Gasteiger partial charge in [-0.1, -0.05) is 37.6 Å². The highest BCUT2D eigenvalue weighted by molar-refractivity contribution is 9.10. The Labute approximate surface area is 217 Å². The molecule has 0 aliphatic heterocycles. The van der Waals surface area contributed by atoms with Crippen LogP contribution in [0.15, 0.2) is 71.2 Å². The van der Waals surface area contributed by atoms with Gasteiger partial charge < -0.3 is 15.4 Å². The van der Waals surface area contributed by atoms with Crippen LogP contribution in [0.5, 0.6) is 5.75 Å². The molecule has 0 saturated heterocycles. The van der Waals surface area contributed by atoms with Crippen molar-refractivity contribution < 1.29 is 14.3 Å². The van der Waals surface area contributed by atoms with Gasteiger partial charge in [0, 0.05) is 27.5 Å². The number of anilines is 2. The summed E-state index contributed by atoms with van der Waals surface area (Å²) in [6.07, 6.45) is 0. The van der Waals surface area contributed by atoms with Crippen LogP contribution in [-0.2, 0) is 0 Å². The summed E-state index contributed by atoms with van der Waals surface area (Å²) in [6.45, 7) is 4.70. The molecule has 34 heavy (non-hydrogen) atoms. The van der Waals surface area contributed by atoms with Crippen molar-refractivity contribution in [3.8, 4) is 5.75 Å². The molecule has 176 valence electrons. The first-order chi connectivity index (χ1) is 16.2. The average molecular weight is 561 g/mol. The van der Waals surface area contributed by atoms with Crippen LogP contribution in [0, 0.1) is 5.92 Å². The largest absolute Gasteiger partial charge is 0.492 e. The summed E-state index contributed by atoms with van der Waals surface area (Å²) in [5.41, 5.74) is 1.98. The first-order valence-electron chi connectivity index (χ1n) is 10.4. The third kappa shape index (κ3) is 7.55. The molecular weight excluding hydrogens is 538 g/mol. The third-order valence-electron chi connectivity index (χ3n) is 4.46. The Morgan fingerprint density at radius 2 is 1.62 bits per heavy atom. The summed E-state index contributed by atoms with van der Waals surface area (Å²) < 4.78 is 6.39. The first kappa shape index (κ1) is 25.7. The maximum absolute atomic E-state index is 12.6. The van der Waals surface area contributed by atoms with Gasteiger partial charge in [-0.2, -0.15) is 0 Å². The number of halogens is 2. The summed E-state index contributed by atoms with van der Waals surface area (Å²) in [6, 6.07) is 18.7. The van der Waals surface area contributed by atoms with Gasteiger partial charge in [0.15, 0.2) is 5.11 Å². The van der Waals surface area contributed by atoms with Crippen molar-refractivity contribution in [2.45, 2.75) is 13.8 Å². The molecule has 3 aromatic carbocycles. The molecule has 3 N–H and O–H groups in total. The van der Waals surface area contributed by atoms with E-state index in [9.17, 15) is 9.59 Å². The molecule has 3 aromatic rings. The minimum atomic E-state index is -0.372. The number of carbonyl (C=O) groups is 2. The lowest BCUT2D eigenvalue weighted by molar-refractivity contribution is 0.0976. The Morgan fingerprint density at radius 3 is 2.29 bits per heavy atom. The zero-order valence-electron chi connectivity index (χ0n) is 18.5. The van der Waals surface area contributed by atoms with Crippen LogP contribution in [0.3, 0.4) is 0 Å². The number of rotatable bonds is 7. The second-order valence-electron chi connectivity index (χ2n) is 7.80. The molecule has 0 aliphatic carbocycles. The first-order valence-corrected chi connectivity index (χ1v) is 12.0. The van der Waals surface area contributed by atoms with Crippen LogP contribution in [0.1, 0.15) is 34.6 Å². The normalized spacial score (nSPS) is 10.5. The van der Waals surface area contributed by atoms with Crippen molar-refractivity contribution in [3.63, 3.8) is 0 Å². The molecule has 0 heterocycles. The summed E-state index contributed by atoms with van der Waals surface area (Å²) in [4.78, 5) is 25.2. The molecule has 9 heteroatoms. The van der Waals surface area contributed by atoms with Crippen LogP contribution >= 0.6 is 39.7 Å². The van der Waals surface area contributed by atoms with Gasteiger partial charge in [-0.15, -0.1) is 0 Å². The van der Waals surface area contributed by atoms with Crippen molar-refractivity contribution in [1.29, 1.82) is 0 Å². The molecule has 3 rings (SSSR count). The molecule has 0 saturated carbocycles. The number of ether oxygens (including phenoxy) is 1. The Bertz CT molecular complexity index is 1220. The van der Waals surface area contributed by atoms with Gasteiger partial charge in [0.1, 0.15) is 5.75 Å². The molecule has 2 amide bonds. The molecular formula is C25H23BrClN3O3S. The predicted octanol–water partition coefficient (Wildman–Crippen LogP) is 6.52. The molecule has 0 fully saturated rings. The lowest BCUT2D eigenvalue weighted by Gasteiger charge is -2.13. The van der Waals surface area contributed by atoms with Gasteiger partial charge >= 0.3 is 0 Å². The number of amides is 2. The number of hydrogen-bond donors (Lipinski definition) is 3. The third-order valence-corrected chi connectivity index (χ3v) is 5.52. The summed E-state index contributed by atoms with van der Waals surface area (Å²) in [7, 11) is 0. The van der Waals surface area contributed by atoms with Crippen molar-refractivity contribution in [3.05, 3.63) is 87.4 Å². The molecule has 0 spiro atoms. The van der Waals surface area contributed by atoms with E-state index in [-0.39, 0.29) is 16.9 Å². The van der Waals surface area contributed by atoms with Gasteiger partial charge in [-0.3, -0.25) is 14.9 Å². The SMILES string of the molecule is CC(C)COc1ccc(C(=O)NC(=S)Nc2cccc(C(=O)Nc3cccc(Cl)c3)c2)cc1Br. The van der Waals surface area contributed by atoms with Gasteiger partial charge in [-0.25, -0.2) is 0 Å². The van der Waals surface area contributed by atoms with Gasteiger partial charge in [0.25, 0.3) is 11.8 Å². The van der Waals surface area contributed by atoms with Gasteiger partial charge in [-0.05, 0) is 88.7 Å².